The number of carbonyl (C=O) groups is 1. The highest BCUT2D eigenvalue weighted by Gasteiger charge is 2.11. The third-order valence-corrected chi connectivity index (χ3v) is 2.80. The average molecular weight is 278 g/mol. The van der Waals surface area contributed by atoms with Crippen LogP contribution >= 0.6 is 11.6 Å². The minimum absolute atomic E-state index is 0.130. The Balaban J connectivity index is 1.97. The van der Waals surface area contributed by atoms with Crippen molar-refractivity contribution in [3.05, 3.63) is 52.9 Å². The van der Waals surface area contributed by atoms with E-state index in [0.717, 1.165) is 12.0 Å². The lowest BCUT2D eigenvalue weighted by atomic mass is 10.2. The van der Waals surface area contributed by atoms with Crippen LogP contribution in [0, 0.1) is 0 Å². The van der Waals surface area contributed by atoms with Crippen LogP contribution in [-0.2, 0) is 6.42 Å². The Morgan fingerprint density at radius 2 is 2.21 bits per heavy atom. The van der Waals surface area contributed by atoms with Gasteiger partial charge in [-0.25, -0.2) is 9.78 Å². The van der Waals surface area contributed by atoms with Crippen LogP contribution in [0.4, 0.5) is 5.82 Å². The Bertz CT molecular complexity index is 575. The number of carboxylic acids is 1. The van der Waals surface area contributed by atoms with Crippen LogP contribution < -0.4 is 5.32 Å². The van der Waals surface area contributed by atoms with Crippen molar-refractivity contribution in [2.75, 3.05) is 11.9 Å². The highest BCUT2D eigenvalue weighted by atomic mass is 35.5. The highest BCUT2D eigenvalue weighted by Crippen LogP contribution is 2.16. The molecule has 0 atom stereocenters. The first kappa shape index (κ1) is 13.3. The molecule has 5 nitrogen and oxygen atoms in total. The predicted octanol–water partition coefficient (Wildman–Crippen LogP) is 2.48. The van der Waals surface area contributed by atoms with Crippen molar-refractivity contribution in [3.63, 3.8) is 0 Å². The van der Waals surface area contributed by atoms with Gasteiger partial charge in [-0.3, -0.25) is 4.98 Å². The lowest BCUT2D eigenvalue weighted by Gasteiger charge is -2.07. The summed E-state index contributed by atoms with van der Waals surface area (Å²) in [6.07, 6.45) is 4.29. The van der Waals surface area contributed by atoms with Gasteiger partial charge in [0.15, 0.2) is 5.69 Å². The number of aromatic nitrogens is 2. The normalized spacial score (nSPS) is 10.2. The molecule has 2 aromatic heterocycles. The summed E-state index contributed by atoms with van der Waals surface area (Å²) in [7, 11) is 0. The molecule has 0 fully saturated rings. The number of anilines is 1. The van der Waals surface area contributed by atoms with Crippen molar-refractivity contribution in [1.29, 1.82) is 0 Å². The molecule has 0 saturated heterocycles. The van der Waals surface area contributed by atoms with Crippen molar-refractivity contribution in [2.24, 2.45) is 0 Å². The maximum atomic E-state index is 10.9. The largest absolute Gasteiger partial charge is 0.476 e. The molecule has 0 bridgehead atoms. The van der Waals surface area contributed by atoms with Crippen LogP contribution in [0.3, 0.4) is 0 Å². The Morgan fingerprint density at radius 3 is 2.89 bits per heavy atom. The third kappa shape index (κ3) is 3.66. The molecule has 6 heteroatoms. The van der Waals surface area contributed by atoms with Crippen molar-refractivity contribution in [1.82, 2.24) is 9.97 Å². The highest BCUT2D eigenvalue weighted by molar-refractivity contribution is 6.33. The molecule has 0 aliphatic heterocycles. The Kier molecular flexibility index (Phi) is 4.30. The van der Waals surface area contributed by atoms with E-state index in [1.807, 2.05) is 12.1 Å². The van der Waals surface area contributed by atoms with Gasteiger partial charge >= 0.3 is 5.97 Å². The molecular weight excluding hydrogens is 266 g/mol. The topological polar surface area (TPSA) is 75.1 Å². The van der Waals surface area contributed by atoms with Crippen LogP contribution in [0.15, 0.2) is 36.7 Å². The van der Waals surface area contributed by atoms with Gasteiger partial charge in [-0.05, 0) is 30.2 Å². The summed E-state index contributed by atoms with van der Waals surface area (Å²) in [5, 5.41) is 12.1. The van der Waals surface area contributed by atoms with Crippen LogP contribution in [-0.4, -0.2) is 27.6 Å². The number of hydrogen-bond acceptors (Lipinski definition) is 4. The van der Waals surface area contributed by atoms with Gasteiger partial charge in [-0.1, -0.05) is 17.7 Å². The molecule has 0 radical (unpaired) electrons. The molecule has 2 aromatic rings. The molecule has 0 saturated carbocycles. The maximum absolute atomic E-state index is 10.9. The second kappa shape index (κ2) is 6.15. The van der Waals surface area contributed by atoms with Crippen LogP contribution in [0.25, 0.3) is 0 Å². The number of nitrogens with one attached hydrogen (secondary N) is 1. The SMILES string of the molecule is O=C(O)c1nc(NCCc2cccnc2)ccc1Cl. The van der Waals surface area contributed by atoms with Gasteiger partial charge in [0.1, 0.15) is 5.82 Å². The second-order valence-electron chi connectivity index (χ2n) is 3.87. The smallest absolute Gasteiger partial charge is 0.356 e. The number of rotatable bonds is 5. The lowest BCUT2D eigenvalue weighted by molar-refractivity contribution is 0.0691. The Labute approximate surface area is 115 Å². The van der Waals surface area contributed by atoms with Crippen molar-refractivity contribution >= 4 is 23.4 Å². The predicted molar refractivity (Wildman–Crippen MR) is 72.6 cm³/mol. The average Bonchev–Trinajstić information content (AvgIpc) is 2.41. The molecule has 0 amide bonds. The molecule has 0 aromatic carbocycles. The summed E-state index contributed by atoms with van der Waals surface area (Å²) in [5.74, 6) is -0.647. The fourth-order valence-electron chi connectivity index (χ4n) is 1.57. The van der Waals surface area contributed by atoms with E-state index in [-0.39, 0.29) is 10.7 Å². The monoisotopic (exact) mass is 277 g/mol. The summed E-state index contributed by atoms with van der Waals surface area (Å²) in [5.41, 5.74) is 0.954. The van der Waals surface area contributed by atoms with E-state index in [1.54, 1.807) is 18.5 Å². The quantitative estimate of drug-likeness (QED) is 0.878. The molecule has 0 unspecified atom stereocenters. The molecule has 2 rings (SSSR count). The van der Waals surface area contributed by atoms with E-state index in [2.05, 4.69) is 15.3 Å². The van der Waals surface area contributed by atoms with Crippen molar-refractivity contribution in [2.45, 2.75) is 6.42 Å². The van der Waals surface area contributed by atoms with E-state index in [9.17, 15) is 4.79 Å². The lowest BCUT2D eigenvalue weighted by Crippen LogP contribution is -2.09. The Morgan fingerprint density at radius 1 is 1.37 bits per heavy atom. The van der Waals surface area contributed by atoms with E-state index in [4.69, 9.17) is 16.7 Å². The Hall–Kier alpha value is -2.14. The number of halogens is 1. The summed E-state index contributed by atoms with van der Waals surface area (Å²) >= 11 is 5.74. The molecule has 0 spiro atoms. The molecule has 0 aliphatic rings. The number of aromatic carboxylic acids is 1. The molecule has 2 heterocycles. The first-order valence-corrected chi connectivity index (χ1v) is 6.07. The van der Waals surface area contributed by atoms with Crippen LogP contribution in [0.2, 0.25) is 5.02 Å². The van der Waals surface area contributed by atoms with Crippen LogP contribution in [0.5, 0.6) is 0 Å². The minimum atomic E-state index is -1.14. The summed E-state index contributed by atoms with van der Waals surface area (Å²) < 4.78 is 0. The van der Waals surface area contributed by atoms with Gasteiger partial charge in [-0.2, -0.15) is 0 Å². The van der Waals surface area contributed by atoms with Gasteiger partial charge in [0.05, 0.1) is 5.02 Å². The number of pyridine rings is 2. The second-order valence-corrected chi connectivity index (χ2v) is 4.28. The summed E-state index contributed by atoms with van der Waals surface area (Å²) in [6, 6.07) is 7.02. The number of nitrogens with zero attached hydrogens (tertiary/aromatic N) is 2. The van der Waals surface area contributed by atoms with Crippen molar-refractivity contribution < 1.29 is 9.90 Å². The van der Waals surface area contributed by atoms with E-state index in [1.165, 1.54) is 6.07 Å². The van der Waals surface area contributed by atoms with E-state index < -0.39 is 5.97 Å². The summed E-state index contributed by atoms with van der Waals surface area (Å²) in [6.45, 7) is 0.638. The fraction of sp³-hybridized carbons (Fsp3) is 0.154. The standard InChI is InChI=1S/C13H12ClN3O2/c14-10-3-4-11(17-12(10)13(18)19)16-7-5-9-2-1-6-15-8-9/h1-4,6,8H,5,7H2,(H,16,17)(H,18,19). The maximum Gasteiger partial charge on any atom is 0.356 e. The van der Waals surface area contributed by atoms with Gasteiger partial charge in [0.25, 0.3) is 0 Å². The van der Waals surface area contributed by atoms with Gasteiger partial charge in [-0.15, -0.1) is 0 Å². The van der Waals surface area contributed by atoms with E-state index in [0.29, 0.717) is 12.4 Å². The zero-order valence-electron chi connectivity index (χ0n) is 10.0. The zero-order valence-corrected chi connectivity index (χ0v) is 10.8. The zero-order chi connectivity index (χ0) is 13.7. The first-order chi connectivity index (χ1) is 9.16. The molecule has 0 aliphatic carbocycles. The molecule has 2 N–H and O–H groups in total. The fourth-order valence-corrected chi connectivity index (χ4v) is 1.76. The minimum Gasteiger partial charge on any atom is -0.476 e. The van der Waals surface area contributed by atoms with Gasteiger partial charge < -0.3 is 10.4 Å². The third-order valence-electron chi connectivity index (χ3n) is 2.49. The van der Waals surface area contributed by atoms with E-state index >= 15 is 0 Å². The molecular formula is C13H12ClN3O2. The number of hydrogen-bond donors (Lipinski definition) is 2. The summed E-state index contributed by atoms with van der Waals surface area (Å²) in [4.78, 5) is 18.9. The molecule has 19 heavy (non-hydrogen) atoms. The van der Waals surface area contributed by atoms with Crippen molar-refractivity contribution in [3.8, 4) is 0 Å². The van der Waals surface area contributed by atoms with Crippen LogP contribution in [0.1, 0.15) is 16.1 Å². The molecule has 98 valence electrons. The first-order valence-electron chi connectivity index (χ1n) is 5.69. The van der Waals surface area contributed by atoms with Gasteiger partial charge in [0, 0.05) is 18.9 Å². The van der Waals surface area contributed by atoms with Gasteiger partial charge in [0.2, 0.25) is 0 Å². The number of carboxylic acid groups (broad SMARTS) is 1.